The highest BCUT2D eigenvalue weighted by molar-refractivity contribution is 7.13. The van der Waals surface area contributed by atoms with Gasteiger partial charge in [-0.1, -0.05) is 42.5 Å². The lowest BCUT2D eigenvalue weighted by Gasteiger charge is -2.07. The summed E-state index contributed by atoms with van der Waals surface area (Å²) in [7, 11) is 0. The van der Waals surface area contributed by atoms with Crippen molar-refractivity contribution in [3.8, 4) is 10.6 Å². The number of carbonyl (C=O) groups is 1. The van der Waals surface area contributed by atoms with E-state index in [9.17, 15) is 14.4 Å². The van der Waals surface area contributed by atoms with E-state index in [0.29, 0.717) is 5.39 Å². The summed E-state index contributed by atoms with van der Waals surface area (Å²) >= 11 is 1.50. The zero-order chi connectivity index (χ0) is 19.5. The fourth-order valence-electron chi connectivity index (χ4n) is 2.85. The van der Waals surface area contributed by atoms with Gasteiger partial charge in [-0.3, -0.25) is 19.5 Å². The fourth-order valence-corrected chi connectivity index (χ4v) is 3.67. The predicted molar refractivity (Wildman–Crippen MR) is 108 cm³/mol. The van der Waals surface area contributed by atoms with Gasteiger partial charge in [-0.2, -0.15) is 0 Å². The van der Waals surface area contributed by atoms with Crippen LogP contribution >= 0.6 is 11.3 Å². The number of thiazole rings is 1. The third kappa shape index (κ3) is 3.63. The molecule has 0 aliphatic carbocycles. The number of hydrogen-bond acceptors (Lipinski definition) is 5. The van der Waals surface area contributed by atoms with Crippen molar-refractivity contribution in [1.29, 1.82) is 0 Å². The Kier molecular flexibility index (Phi) is 4.86. The van der Waals surface area contributed by atoms with Gasteiger partial charge in [0.25, 0.3) is 11.1 Å². The van der Waals surface area contributed by atoms with Crippen molar-refractivity contribution in [2.75, 3.05) is 0 Å². The second-order valence-electron chi connectivity index (χ2n) is 6.16. The van der Waals surface area contributed by atoms with Gasteiger partial charge in [0.1, 0.15) is 11.6 Å². The molecule has 0 aliphatic heterocycles. The average molecular weight is 392 g/mol. The van der Waals surface area contributed by atoms with Gasteiger partial charge in [-0.15, -0.1) is 11.3 Å². The maximum absolute atomic E-state index is 12.5. The van der Waals surface area contributed by atoms with Crippen LogP contribution < -0.4 is 16.4 Å². The van der Waals surface area contributed by atoms with Crippen molar-refractivity contribution in [2.24, 2.45) is 0 Å². The molecule has 0 spiro atoms. The largest absolute Gasteiger partial charge is 0.349 e. The summed E-state index contributed by atoms with van der Waals surface area (Å²) in [5, 5.41) is 8.52. The Morgan fingerprint density at radius 2 is 1.75 bits per heavy atom. The van der Waals surface area contributed by atoms with E-state index in [-0.39, 0.29) is 24.4 Å². The highest BCUT2D eigenvalue weighted by Crippen LogP contribution is 2.23. The van der Waals surface area contributed by atoms with Gasteiger partial charge in [0, 0.05) is 10.9 Å². The van der Waals surface area contributed by atoms with Crippen LogP contribution in [0.25, 0.3) is 21.3 Å². The molecule has 0 fully saturated rings. The Hall–Kier alpha value is -3.52. The fraction of sp³-hybridized carbons (Fsp3) is 0.100. The van der Waals surface area contributed by atoms with Crippen LogP contribution in [0.5, 0.6) is 0 Å². The number of carbonyl (C=O) groups excluding carboxylic acids is 1. The lowest BCUT2D eigenvalue weighted by molar-refractivity contribution is -0.122. The van der Waals surface area contributed by atoms with E-state index in [1.807, 2.05) is 35.7 Å². The molecular weight excluding hydrogens is 376 g/mol. The van der Waals surface area contributed by atoms with E-state index in [0.717, 1.165) is 20.9 Å². The van der Waals surface area contributed by atoms with Crippen LogP contribution in [-0.2, 0) is 17.9 Å². The third-order valence-electron chi connectivity index (χ3n) is 4.22. The van der Waals surface area contributed by atoms with Crippen LogP contribution in [0.2, 0.25) is 0 Å². The minimum Gasteiger partial charge on any atom is -0.349 e. The van der Waals surface area contributed by atoms with Crippen molar-refractivity contribution in [3.05, 3.63) is 86.4 Å². The Morgan fingerprint density at radius 3 is 2.54 bits per heavy atom. The molecule has 0 radical (unpaired) electrons. The normalized spacial score (nSPS) is 10.9. The highest BCUT2D eigenvalue weighted by Gasteiger charge is 2.11. The molecule has 140 valence electrons. The van der Waals surface area contributed by atoms with Crippen LogP contribution in [0.15, 0.2) is 69.6 Å². The zero-order valence-electron chi connectivity index (χ0n) is 14.7. The van der Waals surface area contributed by atoms with E-state index in [1.54, 1.807) is 24.3 Å². The summed E-state index contributed by atoms with van der Waals surface area (Å²) in [5.41, 5.74) is 0.933. The van der Waals surface area contributed by atoms with E-state index in [4.69, 9.17) is 0 Å². The molecule has 0 unspecified atom stereocenters. The summed E-state index contributed by atoms with van der Waals surface area (Å²) in [6, 6.07) is 16.3. The molecule has 0 aliphatic rings. The topological polar surface area (TPSA) is 96.9 Å². The number of aromatic nitrogens is 3. The molecule has 0 bridgehead atoms. The molecule has 2 heterocycles. The Morgan fingerprint density at radius 1 is 1.04 bits per heavy atom. The Labute approximate surface area is 163 Å². The third-order valence-corrected chi connectivity index (χ3v) is 5.16. The summed E-state index contributed by atoms with van der Waals surface area (Å²) in [5.74, 6) is -0.387. The number of nitrogens with one attached hydrogen (secondary N) is 2. The molecule has 1 amide bonds. The first-order valence-electron chi connectivity index (χ1n) is 8.60. The summed E-state index contributed by atoms with van der Waals surface area (Å²) < 4.78 is 1.02. The first-order chi connectivity index (χ1) is 13.6. The second kappa shape index (κ2) is 7.61. The zero-order valence-corrected chi connectivity index (χ0v) is 15.5. The van der Waals surface area contributed by atoms with Crippen molar-refractivity contribution < 1.29 is 4.79 Å². The number of nitrogens with zero attached hydrogens (tertiary/aromatic N) is 2. The van der Waals surface area contributed by atoms with Gasteiger partial charge >= 0.3 is 0 Å². The SMILES string of the molecule is O=C(Cn1[nH]c(=O)c2ccccc2c1=O)NCc1csc(-c2ccccc2)n1. The van der Waals surface area contributed by atoms with Crippen molar-refractivity contribution in [2.45, 2.75) is 13.1 Å². The number of fused-ring (bicyclic) bond motifs is 1. The summed E-state index contributed by atoms with van der Waals surface area (Å²) in [4.78, 5) is 41.3. The number of hydrogen-bond donors (Lipinski definition) is 2. The molecule has 0 atom stereocenters. The van der Waals surface area contributed by atoms with Gasteiger partial charge in [-0.05, 0) is 12.1 Å². The number of amides is 1. The van der Waals surface area contributed by atoms with Crippen LogP contribution in [0.4, 0.5) is 0 Å². The molecule has 2 aromatic carbocycles. The van der Waals surface area contributed by atoms with Crippen molar-refractivity contribution in [1.82, 2.24) is 20.1 Å². The maximum Gasteiger partial charge on any atom is 0.273 e. The van der Waals surface area contributed by atoms with Crippen molar-refractivity contribution in [3.63, 3.8) is 0 Å². The Bertz CT molecular complexity index is 1260. The van der Waals surface area contributed by atoms with E-state index < -0.39 is 11.1 Å². The minimum atomic E-state index is -0.412. The molecule has 4 aromatic rings. The standard InChI is InChI=1S/C20H16N4O3S/c25-17(11-24-20(27)16-9-5-4-8-15(16)18(26)23-24)21-10-14-12-28-19(22-14)13-6-2-1-3-7-13/h1-9,12H,10-11H2,(H,21,25)(H,23,26). The number of aromatic amines is 1. The van der Waals surface area contributed by atoms with Crippen LogP contribution in [0, 0.1) is 0 Å². The molecule has 0 saturated heterocycles. The first kappa shape index (κ1) is 17.9. The predicted octanol–water partition coefficient (Wildman–Crippen LogP) is 2.13. The van der Waals surface area contributed by atoms with E-state index in [1.165, 1.54) is 11.3 Å². The van der Waals surface area contributed by atoms with Gasteiger partial charge in [-0.25, -0.2) is 9.67 Å². The van der Waals surface area contributed by atoms with Gasteiger partial charge in [0.2, 0.25) is 5.91 Å². The monoisotopic (exact) mass is 392 g/mol. The molecule has 4 rings (SSSR count). The van der Waals surface area contributed by atoms with Gasteiger partial charge in [0.05, 0.1) is 23.0 Å². The number of H-pyrrole nitrogens is 1. The molecule has 7 nitrogen and oxygen atoms in total. The summed E-state index contributed by atoms with van der Waals surface area (Å²) in [6.45, 7) is -0.0245. The molecule has 2 aromatic heterocycles. The molecular formula is C20H16N4O3S. The summed E-state index contributed by atoms with van der Waals surface area (Å²) in [6.07, 6.45) is 0. The molecule has 2 N–H and O–H groups in total. The van der Waals surface area contributed by atoms with Crippen LogP contribution in [0.3, 0.4) is 0 Å². The number of benzene rings is 2. The lowest BCUT2D eigenvalue weighted by atomic mass is 10.2. The molecule has 8 heteroatoms. The lowest BCUT2D eigenvalue weighted by Crippen LogP contribution is -2.36. The van der Waals surface area contributed by atoms with E-state index >= 15 is 0 Å². The maximum atomic E-state index is 12.5. The number of rotatable bonds is 5. The van der Waals surface area contributed by atoms with Crippen molar-refractivity contribution >= 4 is 28.0 Å². The van der Waals surface area contributed by atoms with Gasteiger partial charge in [0.15, 0.2) is 0 Å². The van der Waals surface area contributed by atoms with Crippen LogP contribution in [0.1, 0.15) is 5.69 Å². The molecule has 0 saturated carbocycles. The Balaban J connectivity index is 1.45. The van der Waals surface area contributed by atoms with Gasteiger partial charge < -0.3 is 5.32 Å². The average Bonchev–Trinajstić information content (AvgIpc) is 3.20. The van der Waals surface area contributed by atoms with Crippen LogP contribution in [-0.4, -0.2) is 20.7 Å². The second-order valence-corrected chi connectivity index (χ2v) is 7.02. The first-order valence-corrected chi connectivity index (χ1v) is 9.48. The molecule has 28 heavy (non-hydrogen) atoms. The highest BCUT2D eigenvalue weighted by atomic mass is 32.1. The smallest absolute Gasteiger partial charge is 0.273 e. The van der Waals surface area contributed by atoms with E-state index in [2.05, 4.69) is 15.4 Å². The quantitative estimate of drug-likeness (QED) is 0.544. The minimum absolute atomic E-state index is 0.245.